The van der Waals surface area contributed by atoms with E-state index in [9.17, 15) is 9.90 Å². The van der Waals surface area contributed by atoms with Gasteiger partial charge in [-0.1, -0.05) is 29.8 Å². The van der Waals surface area contributed by atoms with Crippen LogP contribution in [-0.2, 0) is 4.74 Å². The van der Waals surface area contributed by atoms with Gasteiger partial charge in [-0.2, -0.15) is 5.10 Å². The Labute approximate surface area is 180 Å². The summed E-state index contributed by atoms with van der Waals surface area (Å²) in [6.45, 7) is 4.94. The summed E-state index contributed by atoms with van der Waals surface area (Å²) in [5, 5.41) is 18.7. The van der Waals surface area contributed by atoms with Crippen molar-refractivity contribution in [1.82, 2.24) is 15.1 Å². The number of hydrogen-bond donors (Lipinski definition) is 2. The number of fused-ring (bicyclic) bond motifs is 1. The average Bonchev–Trinajstić information content (AvgIpc) is 3.25. The van der Waals surface area contributed by atoms with Gasteiger partial charge in [0.15, 0.2) is 0 Å². The number of benzene rings is 2. The fourth-order valence-electron chi connectivity index (χ4n) is 4.14. The normalized spacial score (nSPS) is 15.7. The summed E-state index contributed by atoms with van der Waals surface area (Å²) in [6.07, 6.45) is 0.716. The first-order valence-electron chi connectivity index (χ1n) is 9.86. The molecule has 0 fully saturated rings. The molecule has 0 aliphatic carbocycles. The smallest absolute Gasteiger partial charge is 0.273 e. The summed E-state index contributed by atoms with van der Waals surface area (Å²) in [5.41, 5.74) is 5.18. The maximum atomic E-state index is 13.2. The van der Waals surface area contributed by atoms with Gasteiger partial charge >= 0.3 is 0 Å². The van der Waals surface area contributed by atoms with Crippen molar-refractivity contribution in [2.75, 3.05) is 20.3 Å². The number of phenols is 1. The van der Waals surface area contributed by atoms with Crippen LogP contribution < -0.4 is 0 Å². The SMILES string of the molecule is COCCCN1C(=O)c2[nH]nc(-c3cc(C)cc(C)c3O)c2C1c1ccc(Cl)cc1. The first-order chi connectivity index (χ1) is 14.4. The molecule has 0 bridgehead atoms. The molecular formula is C23H24ClN3O3. The number of nitrogens with one attached hydrogen (secondary N) is 1. The van der Waals surface area contributed by atoms with Gasteiger partial charge < -0.3 is 14.7 Å². The van der Waals surface area contributed by atoms with Crippen LogP contribution in [0.3, 0.4) is 0 Å². The predicted molar refractivity (Wildman–Crippen MR) is 116 cm³/mol. The molecule has 0 saturated carbocycles. The van der Waals surface area contributed by atoms with Gasteiger partial charge in [-0.05, 0) is 55.2 Å². The molecule has 1 amide bonds. The van der Waals surface area contributed by atoms with Gasteiger partial charge in [0.1, 0.15) is 17.1 Å². The molecule has 2 aromatic carbocycles. The fourth-order valence-corrected chi connectivity index (χ4v) is 4.27. The zero-order valence-corrected chi connectivity index (χ0v) is 18.0. The molecule has 30 heavy (non-hydrogen) atoms. The van der Waals surface area contributed by atoms with Crippen LogP contribution in [0, 0.1) is 13.8 Å². The van der Waals surface area contributed by atoms with Gasteiger partial charge in [0.2, 0.25) is 0 Å². The van der Waals surface area contributed by atoms with Gasteiger partial charge in [0, 0.05) is 36.4 Å². The number of aromatic nitrogens is 2. The zero-order chi connectivity index (χ0) is 21.4. The molecular weight excluding hydrogens is 402 g/mol. The third-order valence-electron chi connectivity index (χ3n) is 5.50. The van der Waals surface area contributed by atoms with Crippen molar-refractivity contribution in [3.05, 3.63) is 69.4 Å². The molecule has 0 saturated heterocycles. The van der Waals surface area contributed by atoms with Crippen molar-refractivity contribution in [2.24, 2.45) is 0 Å². The largest absolute Gasteiger partial charge is 0.507 e. The second-order valence-electron chi connectivity index (χ2n) is 7.64. The van der Waals surface area contributed by atoms with Crippen LogP contribution in [0.5, 0.6) is 5.75 Å². The Hall–Kier alpha value is -2.83. The maximum Gasteiger partial charge on any atom is 0.273 e. The number of aryl methyl sites for hydroxylation is 2. The van der Waals surface area contributed by atoms with Crippen LogP contribution in [0.2, 0.25) is 5.02 Å². The average molecular weight is 426 g/mol. The molecule has 1 aliphatic rings. The van der Waals surface area contributed by atoms with E-state index in [1.165, 1.54) is 0 Å². The highest BCUT2D eigenvalue weighted by molar-refractivity contribution is 6.30. The number of ether oxygens (including phenoxy) is 1. The highest BCUT2D eigenvalue weighted by Crippen LogP contribution is 2.45. The minimum Gasteiger partial charge on any atom is -0.507 e. The van der Waals surface area contributed by atoms with Gasteiger partial charge in [-0.25, -0.2) is 0 Å². The third-order valence-corrected chi connectivity index (χ3v) is 5.75. The minimum atomic E-state index is -0.324. The summed E-state index contributed by atoms with van der Waals surface area (Å²) in [4.78, 5) is 15.1. The van der Waals surface area contributed by atoms with Gasteiger partial charge in [-0.15, -0.1) is 0 Å². The number of nitrogens with zero attached hydrogens (tertiary/aromatic N) is 2. The van der Waals surface area contributed by atoms with E-state index in [1.807, 2.05) is 55.1 Å². The maximum absolute atomic E-state index is 13.2. The van der Waals surface area contributed by atoms with Gasteiger partial charge in [-0.3, -0.25) is 9.89 Å². The molecule has 1 aromatic heterocycles. The van der Waals surface area contributed by atoms with Gasteiger partial charge in [0.05, 0.1) is 6.04 Å². The van der Waals surface area contributed by atoms with Crippen molar-refractivity contribution in [3.8, 4) is 17.0 Å². The Balaban J connectivity index is 1.87. The highest BCUT2D eigenvalue weighted by Gasteiger charge is 2.42. The highest BCUT2D eigenvalue weighted by atomic mass is 35.5. The second kappa shape index (κ2) is 8.13. The molecule has 1 atom stereocenters. The molecule has 156 valence electrons. The molecule has 7 heteroatoms. The lowest BCUT2D eigenvalue weighted by molar-refractivity contribution is 0.0723. The van der Waals surface area contributed by atoms with E-state index in [4.69, 9.17) is 16.3 Å². The standard InChI is InChI=1S/C23H24ClN3O3/c1-13-11-14(2)22(28)17(12-13)19-18-20(26-25-19)23(29)27(9-4-10-30-3)21(18)15-5-7-16(24)8-6-15/h5-8,11-12,21,28H,4,9-10H2,1-3H3,(H,25,26). The second-order valence-corrected chi connectivity index (χ2v) is 8.07. The molecule has 0 radical (unpaired) electrons. The number of hydrogen-bond acceptors (Lipinski definition) is 4. The summed E-state index contributed by atoms with van der Waals surface area (Å²) >= 11 is 6.10. The van der Waals surface area contributed by atoms with Crippen molar-refractivity contribution in [1.29, 1.82) is 0 Å². The molecule has 1 unspecified atom stereocenters. The number of carbonyl (C=O) groups excluding carboxylic acids is 1. The van der Waals surface area contributed by atoms with Crippen LogP contribution in [0.15, 0.2) is 36.4 Å². The summed E-state index contributed by atoms with van der Waals surface area (Å²) in [6, 6.07) is 11.0. The predicted octanol–water partition coefficient (Wildman–Crippen LogP) is 4.63. The monoisotopic (exact) mass is 425 g/mol. The molecule has 3 aromatic rings. The summed E-state index contributed by atoms with van der Waals surface area (Å²) in [7, 11) is 1.65. The quantitative estimate of drug-likeness (QED) is 0.564. The Morgan fingerprint density at radius 1 is 1.23 bits per heavy atom. The third kappa shape index (κ3) is 3.46. The van der Waals surface area contributed by atoms with Crippen molar-refractivity contribution in [2.45, 2.75) is 26.3 Å². The Kier molecular flexibility index (Phi) is 5.54. The number of H-pyrrole nitrogens is 1. The lowest BCUT2D eigenvalue weighted by atomic mass is 9.94. The Morgan fingerprint density at radius 3 is 2.67 bits per heavy atom. The van der Waals surface area contributed by atoms with Crippen LogP contribution in [0.25, 0.3) is 11.3 Å². The number of amides is 1. The van der Waals surface area contributed by atoms with E-state index in [2.05, 4.69) is 10.2 Å². The van der Waals surface area contributed by atoms with E-state index in [0.29, 0.717) is 41.5 Å². The van der Waals surface area contributed by atoms with Crippen LogP contribution in [0.1, 0.15) is 45.2 Å². The lowest BCUT2D eigenvalue weighted by Gasteiger charge is -2.26. The molecule has 2 N–H and O–H groups in total. The molecule has 0 spiro atoms. The Bertz CT molecular complexity index is 1090. The Morgan fingerprint density at radius 2 is 1.97 bits per heavy atom. The van der Waals surface area contributed by atoms with E-state index >= 15 is 0 Å². The molecule has 1 aliphatic heterocycles. The summed E-state index contributed by atoms with van der Waals surface area (Å²) < 4.78 is 5.18. The number of halogens is 1. The number of phenolic OH excluding ortho intramolecular Hbond substituents is 1. The number of aromatic hydroxyl groups is 1. The first kappa shape index (κ1) is 20.4. The molecule has 4 rings (SSSR count). The van der Waals surface area contributed by atoms with Crippen LogP contribution >= 0.6 is 11.6 Å². The van der Waals surface area contributed by atoms with Crippen LogP contribution in [-0.4, -0.2) is 46.4 Å². The van der Waals surface area contributed by atoms with Crippen molar-refractivity contribution < 1.29 is 14.6 Å². The van der Waals surface area contributed by atoms with E-state index in [0.717, 1.165) is 22.3 Å². The van der Waals surface area contributed by atoms with Crippen LogP contribution in [0.4, 0.5) is 0 Å². The minimum absolute atomic E-state index is 0.108. The van der Waals surface area contributed by atoms with E-state index < -0.39 is 0 Å². The zero-order valence-electron chi connectivity index (χ0n) is 17.2. The molecule has 6 nitrogen and oxygen atoms in total. The number of aromatic amines is 1. The topological polar surface area (TPSA) is 78.5 Å². The summed E-state index contributed by atoms with van der Waals surface area (Å²) in [5.74, 6) is 0.0682. The lowest BCUT2D eigenvalue weighted by Crippen LogP contribution is -2.31. The van der Waals surface area contributed by atoms with Crippen molar-refractivity contribution in [3.63, 3.8) is 0 Å². The first-order valence-corrected chi connectivity index (χ1v) is 10.2. The van der Waals surface area contributed by atoms with Gasteiger partial charge in [0.25, 0.3) is 5.91 Å². The van der Waals surface area contributed by atoms with E-state index in [-0.39, 0.29) is 17.7 Å². The van der Waals surface area contributed by atoms with Crippen molar-refractivity contribution >= 4 is 17.5 Å². The van der Waals surface area contributed by atoms with E-state index in [1.54, 1.807) is 7.11 Å². The fraction of sp³-hybridized carbons (Fsp3) is 0.304. The number of methoxy groups -OCH3 is 1. The number of rotatable bonds is 6. The molecule has 2 heterocycles. The number of carbonyl (C=O) groups is 1.